The summed E-state index contributed by atoms with van der Waals surface area (Å²) in [4.78, 5) is 4.65. The molecule has 0 amide bonds. The first-order valence-corrected chi connectivity index (χ1v) is 8.99. The van der Waals surface area contributed by atoms with E-state index in [-0.39, 0.29) is 12.2 Å². The molecule has 0 aromatic heterocycles. The molecule has 2 rings (SSSR count). The van der Waals surface area contributed by atoms with E-state index < -0.39 is 0 Å². The van der Waals surface area contributed by atoms with E-state index in [4.69, 9.17) is 20.6 Å². The Morgan fingerprint density at radius 2 is 2.23 bits per heavy atom. The third-order valence-corrected chi connectivity index (χ3v) is 4.23. The Kier molecular flexibility index (Phi) is 7.61. The minimum absolute atomic E-state index is 0.119. The van der Waals surface area contributed by atoms with Gasteiger partial charge in [0.15, 0.2) is 17.5 Å². The molecule has 1 fully saturated rings. The molecule has 0 spiro atoms. The van der Waals surface area contributed by atoms with E-state index in [9.17, 15) is 0 Å². The molecule has 0 saturated carbocycles. The Balaban J connectivity index is 2.02. The number of methoxy groups -OCH3 is 1. The Hall–Kier alpha value is -2.39. The molecule has 0 radical (unpaired) electrons. The zero-order valence-corrected chi connectivity index (χ0v) is 15.9. The second-order valence-electron chi connectivity index (χ2n) is 6.43. The Morgan fingerprint density at radius 3 is 2.88 bits per heavy atom. The Bertz CT molecular complexity index is 646. The molecular weight excluding hydrogens is 330 g/mol. The molecule has 1 aliphatic heterocycles. The first kappa shape index (κ1) is 19.9. The maximum Gasteiger partial charge on any atom is 0.191 e. The van der Waals surface area contributed by atoms with Crippen LogP contribution in [-0.4, -0.2) is 45.0 Å². The van der Waals surface area contributed by atoms with Crippen molar-refractivity contribution in [2.45, 2.75) is 38.8 Å². The van der Waals surface area contributed by atoms with Crippen LogP contribution in [-0.2, 0) is 11.3 Å². The highest BCUT2D eigenvalue weighted by Gasteiger charge is 2.29. The number of hydrogen-bond donors (Lipinski definition) is 2. The van der Waals surface area contributed by atoms with E-state index in [0.29, 0.717) is 18.0 Å². The minimum Gasteiger partial charge on any atom is -0.493 e. The van der Waals surface area contributed by atoms with Gasteiger partial charge in [0.2, 0.25) is 0 Å². The molecular formula is C20H29N3O3. The number of benzene rings is 1. The molecule has 2 N–H and O–H groups in total. The summed E-state index contributed by atoms with van der Waals surface area (Å²) >= 11 is 0. The lowest BCUT2D eigenvalue weighted by Gasteiger charge is -2.24. The first-order chi connectivity index (χ1) is 12.6. The summed E-state index contributed by atoms with van der Waals surface area (Å²) in [5.74, 6) is 4.52. The summed E-state index contributed by atoms with van der Waals surface area (Å²) in [6, 6.07) is 5.74. The van der Waals surface area contributed by atoms with Crippen LogP contribution in [0.15, 0.2) is 23.2 Å². The van der Waals surface area contributed by atoms with Gasteiger partial charge in [-0.25, -0.2) is 4.99 Å². The SMILES string of the molecule is C#CCOc1cc(CN=C(NCC)NCC2(C)CCCO2)ccc1OC. The number of hydrogen-bond acceptors (Lipinski definition) is 4. The minimum atomic E-state index is -0.119. The van der Waals surface area contributed by atoms with Crippen molar-refractivity contribution in [1.82, 2.24) is 10.6 Å². The van der Waals surface area contributed by atoms with Crippen molar-refractivity contribution in [3.8, 4) is 23.8 Å². The van der Waals surface area contributed by atoms with Gasteiger partial charge in [-0.2, -0.15) is 0 Å². The predicted molar refractivity (Wildman–Crippen MR) is 104 cm³/mol. The predicted octanol–water partition coefficient (Wildman–Crippen LogP) is 2.33. The summed E-state index contributed by atoms with van der Waals surface area (Å²) in [6.45, 7) is 7.26. The highest BCUT2D eigenvalue weighted by molar-refractivity contribution is 5.79. The molecule has 6 nitrogen and oxygen atoms in total. The van der Waals surface area contributed by atoms with Crippen LogP contribution in [0.4, 0.5) is 0 Å². The van der Waals surface area contributed by atoms with Gasteiger partial charge in [0, 0.05) is 19.7 Å². The van der Waals surface area contributed by atoms with Crippen LogP contribution in [0.25, 0.3) is 0 Å². The van der Waals surface area contributed by atoms with Crippen LogP contribution in [0.2, 0.25) is 0 Å². The number of nitrogens with zero attached hydrogens (tertiary/aromatic N) is 1. The maximum atomic E-state index is 5.82. The summed E-state index contributed by atoms with van der Waals surface area (Å²) in [5, 5.41) is 6.64. The molecule has 1 unspecified atom stereocenters. The molecule has 1 aromatic rings. The number of nitrogens with one attached hydrogen (secondary N) is 2. The van der Waals surface area contributed by atoms with E-state index >= 15 is 0 Å². The standard InChI is InChI=1S/C20H29N3O3/c1-5-11-25-18-13-16(8-9-17(18)24-4)14-22-19(21-6-2)23-15-20(3)10-7-12-26-20/h1,8-9,13H,6-7,10-12,14-15H2,2-4H3,(H2,21,22,23). The van der Waals surface area contributed by atoms with Crippen LogP contribution >= 0.6 is 0 Å². The van der Waals surface area contributed by atoms with Crippen LogP contribution in [0.1, 0.15) is 32.3 Å². The highest BCUT2D eigenvalue weighted by atomic mass is 16.5. The number of guanidine groups is 1. The molecule has 142 valence electrons. The van der Waals surface area contributed by atoms with Gasteiger partial charge < -0.3 is 24.8 Å². The average Bonchev–Trinajstić information content (AvgIpc) is 3.09. The fraction of sp³-hybridized carbons (Fsp3) is 0.550. The molecule has 1 aliphatic rings. The quantitative estimate of drug-likeness (QED) is 0.424. The van der Waals surface area contributed by atoms with Crippen molar-refractivity contribution in [3.63, 3.8) is 0 Å². The Labute approximate surface area is 156 Å². The van der Waals surface area contributed by atoms with E-state index in [1.165, 1.54) is 0 Å². The molecule has 0 bridgehead atoms. The molecule has 26 heavy (non-hydrogen) atoms. The number of ether oxygens (including phenoxy) is 3. The van der Waals surface area contributed by atoms with Crippen molar-refractivity contribution >= 4 is 5.96 Å². The summed E-state index contributed by atoms with van der Waals surface area (Å²) in [5.41, 5.74) is 0.894. The topological polar surface area (TPSA) is 64.1 Å². The van der Waals surface area contributed by atoms with Crippen molar-refractivity contribution in [1.29, 1.82) is 0 Å². The van der Waals surface area contributed by atoms with E-state index in [1.54, 1.807) is 7.11 Å². The third-order valence-electron chi connectivity index (χ3n) is 4.23. The molecule has 6 heteroatoms. The molecule has 1 aromatic carbocycles. The molecule has 1 saturated heterocycles. The van der Waals surface area contributed by atoms with E-state index in [0.717, 1.165) is 44.1 Å². The summed E-state index contributed by atoms with van der Waals surface area (Å²) in [6.07, 6.45) is 7.44. The van der Waals surface area contributed by atoms with Crippen molar-refractivity contribution in [2.75, 3.05) is 33.4 Å². The van der Waals surface area contributed by atoms with Crippen LogP contribution in [0.3, 0.4) is 0 Å². The van der Waals surface area contributed by atoms with Crippen LogP contribution in [0.5, 0.6) is 11.5 Å². The van der Waals surface area contributed by atoms with Crippen LogP contribution in [0, 0.1) is 12.3 Å². The smallest absolute Gasteiger partial charge is 0.191 e. The number of rotatable bonds is 8. The normalized spacial score (nSPS) is 19.7. The zero-order valence-electron chi connectivity index (χ0n) is 15.9. The fourth-order valence-corrected chi connectivity index (χ4v) is 2.81. The van der Waals surface area contributed by atoms with Gasteiger partial charge in [-0.15, -0.1) is 6.42 Å². The van der Waals surface area contributed by atoms with Crippen molar-refractivity contribution in [3.05, 3.63) is 23.8 Å². The van der Waals surface area contributed by atoms with Gasteiger partial charge in [0.1, 0.15) is 6.61 Å². The van der Waals surface area contributed by atoms with Crippen molar-refractivity contribution < 1.29 is 14.2 Å². The summed E-state index contributed by atoms with van der Waals surface area (Å²) in [7, 11) is 1.61. The van der Waals surface area contributed by atoms with Gasteiger partial charge >= 0.3 is 0 Å². The number of aliphatic imine (C=N–C) groups is 1. The monoisotopic (exact) mass is 359 g/mol. The largest absolute Gasteiger partial charge is 0.493 e. The second kappa shape index (κ2) is 9.93. The lowest BCUT2D eigenvalue weighted by molar-refractivity contribution is 0.0243. The maximum absolute atomic E-state index is 5.82. The second-order valence-corrected chi connectivity index (χ2v) is 6.43. The van der Waals surface area contributed by atoms with E-state index in [2.05, 4.69) is 28.5 Å². The molecule has 1 heterocycles. The zero-order chi connectivity index (χ0) is 18.8. The van der Waals surface area contributed by atoms with Gasteiger partial charge in [-0.05, 0) is 44.4 Å². The lowest BCUT2D eigenvalue weighted by Crippen LogP contribution is -2.45. The first-order valence-electron chi connectivity index (χ1n) is 8.99. The Morgan fingerprint density at radius 1 is 1.38 bits per heavy atom. The van der Waals surface area contributed by atoms with Gasteiger partial charge in [0.05, 0.1) is 19.3 Å². The number of terminal acetylenes is 1. The van der Waals surface area contributed by atoms with Gasteiger partial charge in [-0.1, -0.05) is 12.0 Å². The van der Waals surface area contributed by atoms with Crippen LogP contribution < -0.4 is 20.1 Å². The summed E-state index contributed by atoms with van der Waals surface area (Å²) < 4.78 is 16.7. The average molecular weight is 359 g/mol. The van der Waals surface area contributed by atoms with Gasteiger partial charge in [-0.3, -0.25) is 0 Å². The van der Waals surface area contributed by atoms with Gasteiger partial charge in [0.25, 0.3) is 0 Å². The third kappa shape index (κ3) is 5.85. The van der Waals surface area contributed by atoms with E-state index in [1.807, 2.05) is 25.1 Å². The highest BCUT2D eigenvalue weighted by Crippen LogP contribution is 2.28. The van der Waals surface area contributed by atoms with Crippen molar-refractivity contribution in [2.24, 2.45) is 4.99 Å². The molecule has 0 aliphatic carbocycles. The molecule has 1 atom stereocenters. The lowest BCUT2D eigenvalue weighted by atomic mass is 10.0. The fourth-order valence-electron chi connectivity index (χ4n) is 2.81.